The van der Waals surface area contributed by atoms with Crippen molar-refractivity contribution in [2.45, 2.75) is 12.5 Å². The number of hydrogen-bond donors (Lipinski definition) is 1. The maximum absolute atomic E-state index is 12.5. The largest absolute Gasteiger partial charge is 0.307 e. The van der Waals surface area contributed by atoms with E-state index in [1.807, 2.05) is 30.3 Å². The van der Waals surface area contributed by atoms with Crippen molar-refractivity contribution in [1.82, 2.24) is 14.8 Å². The van der Waals surface area contributed by atoms with Gasteiger partial charge in [-0.25, -0.2) is 13.1 Å². The molecule has 1 aliphatic heterocycles. The molecule has 0 aliphatic carbocycles. The normalized spacial score (nSPS) is 18.3. The predicted octanol–water partition coefficient (Wildman–Crippen LogP) is 2.56. The first kappa shape index (κ1) is 17.4. The first-order valence-corrected chi connectivity index (χ1v) is 10.4. The van der Waals surface area contributed by atoms with E-state index in [2.05, 4.69) is 15.4 Å². The molecule has 3 heterocycles. The molecule has 2 aromatic heterocycles. The first-order valence-electron chi connectivity index (χ1n) is 8.59. The van der Waals surface area contributed by atoms with Crippen LogP contribution in [0.5, 0.6) is 0 Å². The second-order valence-electron chi connectivity index (χ2n) is 6.48. The Balaban J connectivity index is 1.70. The highest BCUT2D eigenvalue weighted by molar-refractivity contribution is 7.91. The van der Waals surface area contributed by atoms with Gasteiger partial charge < -0.3 is 5.32 Å². The number of aromatic nitrogens is 3. The van der Waals surface area contributed by atoms with E-state index in [1.54, 1.807) is 29.1 Å². The molecule has 0 bridgehead atoms. The molecule has 27 heavy (non-hydrogen) atoms. The minimum absolute atomic E-state index is 0.0265. The van der Waals surface area contributed by atoms with Crippen LogP contribution < -0.4 is 5.32 Å². The lowest BCUT2D eigenvalue weighted by molar-refractivity contribution is 0.102. The van der Waals surface area contributed by atoms with E-state index in [0.29, 0.717) is 23.5 Å². The molecular weight excluding hydrogens is 364 g/mol. The Morgan fingerprint density at radius 2 is 1.96 bits per heavy atom. The van der Waals surface area contributed by atoms with Crippen LogP contribution in [0.4, 0.5) is 5.82 Å². The number of rotatable bonds is 4. The van der Waals surface area contributed by atoms with E-state index in [1.165, 1.54) is 6.20 Å². The lowest BCUT2D eigenvalue weighted by Crippen LogP contribution is -2.19. The minimum Gasteiger partial charge on any atom is -0.307 e. The number of carbonyl (C=O) groups excluding carboxylic acids is 1. The molecule has 1 N–H and O–H groups in total. The van der Waals surface area contributed by atoms with Gasteiger partial charge in [0, 0.05) is 24.0 Å². The van der Waals surface area contributed by atoms with Gasteiger partial charge in [-0.05, 0) is 18.6 Å². The summed E-state index contributed by atoms with van der Waals surface area (Å²) in [7, 11) is -3.08. The Morgan fingerprint density at radius 3 is 2.63 bits per heavy atom. The topological polar surface area (TPSA) is 94.0 Å². The Bertz CT molecular complexity index is 1060. The number of hydrogen-bond acceptors (Lipinski definition) is 5. The standard InChI is InChI=1S/C19H18N4O3S/c24-19(15-7-4-9-20-12-15)21-18-11-17(14-5-2-1-3-6-14)22-23(18)16-8-10-27(25,26)13-16/h1-7,9,11-12,16H,8,10,13H2,(H,21,24)/t16-/m1/s1. The van der Waals surface area contributed by atoms with E-state index in [9.17, 15) is 13.2 Å². The monoisotopic (exact) mass is 382 g/mol. The average molecular weight is 382 g/mol. The van der Waals surface area contributed by atoms with Crippen molar-refractivity contribution in [2.75, 3.05) is 16.8 Å². The van der Waals surface area contributed by atoms with E-state index in [0.717, 1.165) is 5.56 Å². The summed E-state index contributed by atoms with van der Waals surface area (Å²) >= 11 is 0. The molecule has 0 unspecified atom stereocenters. The molecule has 7 nitrogen and oxygen atoms in total. The zero-order valence-electron chi connectivity index (χ0n) is 14.4. The third kappa shape index (κ3) is 3.75. The Hall–Kier alpha value is -3.00. The number of carbonyl (C=O) groups is 1. The second kappa shape index (κ2) is 6.96. The van der Waals surface area contributed by atoms with Gasteiger partial charge in [-0.15, -0.1) is 0 Å². The lowest BCUT2D eigenvalue weighted by Gasteiger charge is -2.13. The summed E-state index contributed by atoms with van der Waals surface area (Å²) in [6.07, 6.45) is 3.56. The molecule has 1 atom stereocenters. The minimum atomic E-state index is -3.08. The van der Waals surface area contributed by atoms with Crippen LogP contribution in [0, 0.1) is 0 Å². The van der Waals surface area contributed by atoms with Crippen molar-refractivity contribution in [1.29, 1.82) is 0 Å². The molecule has 4 rings (SSSR count). The predicted molar refractivity (Wildman–Crippen MR) is 102 cm³/mol. The van der Waals surface area contributed by atoms with Gasteiger partial charge in [0.15, 0.2) is 9.84 Å². The van der Waals surface area contributed by atoms with Crippen LogP contribution in [0.2, 0.25) is 0 Å². The zero-order chi connectivity index (χ0) is 18.9. The summed E-state index contributed by atoms with van der Waals surface area (Å²) in [5, 5.41) is 7.44. The van der Waals surface area contributed by atoms with Crippen LogP contribution >= 0.6 is 0 Å². The van der Waals surface area contributed by atoms with Crippen molar-refractivity contribution in [3.8, 4) is 11.3 Å². The number of pyridine rings is 1. The summed E-state index contributed by atoms with van der Waals surface area (Å²) in [4.78, 5) is 16.5. The highest BCUT2D eigenvalue weighted by Crippen LogP contribution is 2.30. The fraction of sp³-hybridized carbons (Fsp3) is 0.211. The van der Waals surface area contributed by atoms with Gasteiger partial charge in [0.25, 0.3) is 5.91 Å². The Morgan fingerprint density at radius 1 is 1.15 bits per heavy atom. The van der Waals surface area contributed by atoms with Crippen molar-refractivity contribution in [3.63, 3.8) is 0 Å². The van der Waals surface area contributed by atoms with Crippen LogP contribution in [-0.2, 0) is 9.84 Å². The summed E-state index contributed by atoms with van der Waals surface area (Å²) in [5.74, 6) is 0.321. The van der Waals surface area contributed by atoms with Crippen LogP contribution in [0.15, 0.2) is 60.9 Å². The van der Waals surface area contributed by atoms with E-state index in [4.69, 9.17) is 0 Å². The number of sulfone groups is 1. The zero-order valence-corrected chi connectivity index (χ0v) is 15.3. The molecule has 1 aliphatic rings. The van der Waals surface area contributed by atoms with Crippen LogP contribution in [0.3, 0.4) is 0 Å². The molecule has 138 valence electrons. The van der Waals surface area contributed by atoms with Crippen LogP contribution in [0.25, 0.3) is 11.3 Å². The fourth-order valence-electron chi connectivity index (χ4n) is 3.17. The number of nitrogens with one attached hydrogen (secondary N) is 1. The van der Waals surface area contributed by atoms with Gasteiger partial charge in [0.1, 0.15) is 5.82 Å². The second-order valence-corrected chi connectivity index (χ2v) is 8.71. The van der Waals surface area contributed by atoms with Crippen LogP contribution in [0.1, 0.15) is 22.8 Å². The van der Waals surface area contributed by atoms with Crippen LogP contribution in [-0.4, -0.2) is 40.6 Å². The highest BCUT2D eigenvalue weighted by atomic mass is 32.2. The summed E-state index contributed by atoms with van der Waals surface area (Å²) < 4.78 is 25.4. The molecule has 0 saturated carbocycles. The third-order valence-corrected chi connectivity index (χ3v) is 6.28. The van der Waals surface area contributed by atoms with Gasteiger partial charge in [-0.1, -0.05) is 30.3 Å². The van der Waals surface area contributed by atoms with Gasteiger partial charge in [0.05, 0.1) is 28.8 Å². The Kier molecular flexibility index (Phi) is 4.49. The molecule has 8 heteroatoms. The van der Waals surface area contributed by atoms with Crippen molar-refractivity contribution >= 4 is 21.6 Å². The summed E-state index contributed by atoms with van der Waals surface area (Å²) in [5.41, 5.74) is 2.00. The molecule has 1 amide bonds. The third-order valence-electron chi connectivity index (χ3n) is 4.52. The van der Waals surface area contributed by atoms with Gasteiger partial charge in [-0.2, -0.15) is 5.10 Å². The van der Waals surface area contributed by atoms with Crippen molar-refractivity contribution in [2.24, 2.45) is 0 Å². The smallest absolute Gasteiger partial charge is 0.258 e. The van der Waals surface area contributed by atoms with Crippen molar-refractivity contribution < 1.29 is 13.2 Å². The van der Waals surface area contributed by atoms with E-state index >= 15 is 0 Å². The maximum atomic E-state index is 12.5. The SMILES string of the molecule is O=C(Nc1cc(-c2ccccc2)nn1[C@@H]1CCS(=O)(=O)C1)c1cccnc1. The number of nitrogens with zero attached hydrogens (tertiary/aromatic N) is 3. The summed E-state index contributed by atoms with van der Waals surface area (Å²) in [6, 6.07) is 14.4. The average Bonchev–Trinajstić information content (AvgIpc) is 3.26. The molecule has 1 aromatic carbocycles. The van der Waals surface area contributed by atoms with Gasteiger partial charge >= 0.3 is 0 Å². The number of benzene rings is 1. The fourth-order valence-corrected chi connectivity index (χ4v) is 4.86. The van der Waals surface area contributed by atoms with Gasteiger partial charge in [-0.3, -0.25) is 9.78 Å². The maximum Gasteiger partial charge on any atom is 0.258 e. The van der Waals surface area contributed by atoms with E-state index in [-0.39, 0.29) is 23.5 Å². The van der Waals surface area contributed by atoms with Gasteiger partial charge in [0.2, 0.25) is 0 Å². The first-order chi connectivity index (χ1) is 13.0. The quantitative estimate of drug-likeness (QED) is 0.748. The molecule has 0 radical (unpaired) electrons. The lowest BCUT2D eigenvalue weighted by atomic mass is 10.1. The number of amides is 1. The molecule has 1 fully saturated rings. The molecule has 0 spiro atoms. The molecule has 3 aromatic rings. The summed E-state index contributed by atoms with van der Waals surface area (Å²) in [6.45, 7) is 0. The molecule has 1 saturated heterocycles. The number of anilines is 1. The molecular formula is C19H18N4O3S. The highest BCUT2D eigenvalue weighted by Gasteiger charge is 2.31. The van der Waals surface area contributed by atoms with E-state index < -0.39 is 9.84 Å². The van der Waals surface area contributed by atoms with Crippen molar-refractivity contribution in [3.05, 3.63) is 66.5 Å². The Labute approximate surface area is 157 Å².